The number of ether oxygens (including phenoxy) is 2. The molecule has 3 aromatic carbocycles. The topological polar surface area (TPSA) is 65.7 Å². The molecule has 0 radical (unpaired) electrons. The molecule has 6 heteroatoms. The molecule has 188 valence electrons. The van der Waals surface area contributed by atoms with Gasteiger partial charge in [-0.25, -0.2) is 4.79 Å². The van der Waals surface area contributed by atoms with E-state index < -0.39 is 11.4 Å². The Morgan fingerprint density at radius 3 is 2.05 bits per heavy atom. The lowest BCUT2D eigenvalue weighted by molar-refractivity contribution is -0.146. The molecule has 5 rings (SSSR count). The highest BCUT2D eigenvalue weighted by molar-refractivity contribution is 9.10. The third kappa shape index (κ3) is 4.98. The summed E-state index contributed by atoms with van der Waals surface area (Å²) in [6.45, 7) is 4.24. The smallest absolute Gasteiger partial charge is 0.342 e. The third-order valence-corrected chi connectivity index (χ3v) is 7.60. The van der Waals surface area contributed by atoms with Crippen LogP contribution in [-0.4, -0.2) is 18.5 Å². The Morgan fingerprint density at radius 1 is 0.865 bits per heavy atom. The Hall–Kier alpha value is -3.64. The van der Waals surface area contributed by atoms with Gasteiger partial charge in [-0.05, 0) is 64.9 Å². The Bertz CT molecular complexity index is 1420. The lowest BCUT2D eigenvalue weighted by Gasteiger charge is -2.14. The third-order valence-electron chi connectivity index (χ3n) is 6.84. The molecule has 5 nitrogen and oxygen atoms in total. The first-order valence-corrected chi connectivity index (χ1v) is 13.1. The second kappa shape index (κ2) is 10.4. The molecule has 0 saturated heterocycles. The van der Waals surface area contributed by atoms with Gasteiger partial charge in [0.15, 0.2) is 4.67 Å². The predicted molar refractivity (Wildman–Crippen MR) is 145 cm³/mol. The van der Waals surface area contributed by atoms with Crippen LogP contribution in [-0.2, 0) is 26.3 Å². The minimum atomic E-state index is -0.478. The van der Waals surface area contributed by atoms with Crippen molar-refractivity contribution in [2.75, 3.05) is 6.61 Å². The van der Waals surface area contributed by atoms with Gasteiger partial charge in [0, 0.05) is 11.1 Å². The van der Waals surface area contributed by atoms with E-state index in [0.29, 0.717) is 28.2 Å². The highest BCUT2D eigenvalue weighted by atomic mass is 79.9. The first-order valence-electron chi connectivity index (χ1n) is 12.3. The standard InChI is InChI=1S/C31H27BrO5/c1-3-35-30(34)31(17-18-31)25-15-13-23(14-16-25)22-9-11-24(12-10-22)27-26(20(2)28(32)37-27)29(33)36-19-21-7-5-4-6-8-21/h4-16H,3,17-19H2,1-2H3. The molecule has 0 N–H and O–H groups in total. The van der Waals surface area contributed by atoms with Gasteiger partial charge in [0.1, 0.15) is 17.9 Å². The van der Waals surface area contributed by atoms with Gasteiger partial charge in [0.25, 0.3) is 0 Å². The zero-order valence-electron chi connectivity index (χ0n) is 20.8. The zero-order valence-corrected chi connectivity index (χ0v) is 22.3. The van der Waals surface area contributed by atoms with Gasteiger partial charge in [0.2, 0.25) is 0 Å². The molecule has 0 unspecified atom stereocenters. The number of halogens is 1. The van der Waals surface area contributed by atoms with Crippen LogP contribution in [0.15, 0.2) is 87.9 Å². The molecule has 0 amide bonds. The number of rotatable bonds is 8. The molecule has 0 aliphatic heterocycles. The summed E-state index contributed by atoms with van der Waals surface area (Å²) in [6.07, 6.45) is 1.65. The molecule has 1 saturated carbocycles. The van der Waals surface area contributed by atoms with Crippen molar-refractivity contribution in [3.63, 3.8) is 0 Å². The average molecular weight is 559 g/mol. The number of carbonyl (C=O) groups excluding carboxylic acids is 2. The summed E-state index contributed by atoms with van der Waals surface area (Å²) in [7, 11) is 0. The van der Waals surface area contributed by atoms with Crippen LogP contribution in [0, 0.1) is 6.92 Å². The van der Waals surface area contributed by atoms with E-state index in [-0.39, 0.29) is 12.6 Å². The summed E-state index contributed by atoms with van der Waals surface area (Å²) >= 11 is 3.42. The maximum Gasteiger partial charge on any atom is 0.342 e. The lowest BCUT2D eigenvalue weighted by Crippen LogP contribution is -2.23. The van der Waals surface area contributed by atoms with Crippen molar-refractivity contribution in [2.45, 2.75) is 38.7 Å². The fourth-order valence-electron chi connectivity index (χ4n) is 4.53. The number of benzene rings is 3. The average Bonchev–Trinajstić information content (AvgIpc) is 3.69. The van der Waals surface area contributed by atoms with E-state index in [0.717, 1.165) is 40.7 Å². The molecular formula is C31H27BrO5. The Morgan fingerprint density at radius 2 is 1.46 bits per heavy atom. The van der Waals surface area contributed by atoms with Gasteiger partial charge in [-0.2, -0.15) is 0 Å². The fourth-order valence-corrected chi connectivity index (χ4v) is 4.89. The Kier molecular flexibility index (Phi) is 7.02. The van der Waals surface area contributed by atoms with E-state index in [4.69, 9.17) is 13.9 Å². The summed E-state index contributed by atoms with van der Waals surface area (Å²) in [5.74, 6) is -0.0966. The Labute approximate surface area is 224 Å². The van der Waals surface area contributed by atoms with E-state index in [2.05, 4.69) is 15.9 Å². The van der Waals surface area contributed by atoms with Crippen LogP contribution in [0.3, 0.4) is 0 Å². The predicted octanol–water partition coefficient (Wildman–Crippen LogP) is 7.64. The van der Waals surface area contributed by atoms with Crippen molar-refractivity contribution in [2.24, 2.45) is 0 Å². The first-order chi connectivity index (χ1) is 17.9. The maximum absolute atomic E-state index is 13.0. The summed E-state index contributed by atoms with van der Waals surface area (Å²) in [5.41, 5.74) is 5.39. The van der Waals surface area contributed by atoms with Crippen LogP contribution >= 0.6 is 15.9 Å². The number of esters is 2. The van der Waals surface area contributed by atoms with Gasteiger partial charge < -0.3 is 13.9 Å². The van der Waals surface area contributed by atoms with Crippen LogP contribution in [0.2, 0.25) is 0 Å². The second-order valence-electron chi connectivity index (χ2n) is 9.22. The quantitative estimate of drug-likeness (QED) is 0.208. The van der Waals surface area contributed by atoms with Gasteiger partial charge in [-0.3, -0.25) is 4.79 Å². The number of hydrogen-bond acceptors (Lipinski definition) is 5. The molecule has 0 atom stereocenters. The second-order valence-corrected chi connectivity index (χ2v) is 9.94. The molecule has 1 aromatic heterocycles. The molecule has 37 heavy (non-hydrogen) atoms. The van der Waals surface area contributed by atoms with E-state index in [9.17, 15) is 9.59 Å². The van der Waals surface area contributed by atoms with E-state index in [1.54, 1.807) is 0 Å². The van der Waals surface area contributed by atoms with Crippen LogP contribution in [0.1, 0.15) is 46.8 Å². The molecule has 1 aliphatic rings. The minimum absolute atomic E-state index is 0.134. The lowest BCUT2D eigenvalue weighted by atomic mass is 9.93. The molecular weight excluding hydrogens is 532 g/mol. The van der Waals surface area contributed by atoms with Gasteiger partial charge >= 0.3 is 11.9 Å². The van der Waals surface area contributed by atoms with Crippen molar-refractivity contribution in [3.8, 4) is 22.5 Å². The Balaban J connectivity index is 1.35. The van der Waals surface area contributed by atoms with Gasteiger partial charge in [-0.15, -0.1) is 0 Å². The summed E-state index contributed by atoms with van der Waals surface area (Å²) < 4.78 is 17.3. The van der Waals surface area contributed by atoms with Crippen LogP contribution < -0.4 is 0 Å². The molecule has 1 fully saturated rings. The maximum atomic E-state index is 13.0. The molecule has 0 spiro atoms. The van der Waals surface area contributed by atoms with E-state index >= 15 is 0 Å². The number of furan rings is 1. The van der Waals surface area contributed by atoms with Crippen molar-refractivity contribution >= 4 is 27.9 Å². The SMILES string of the molecule is CCOC(=O)C1(c2ccc(-c3ccc(-c4oc(Br)c(C)c4C(=O)OCc4ccccc4)cc3)cc2)CC1. The molecule has 4 aromatic rings. The molecule has 0 bridgehead atoms. The fraction of sp³-hybridized carbons (Fsp3) is 0.226. The molecule has 1 heterocycles. The van der Waals surface area contributed by atoms with Crippen LogP contribution in [0.5, 0.6) is 0 Å². The van der Waals surface area contributed by atoms with Gasteiger partial charge in [-0.1, -0.05) is 78.9 Å². The highest BCUT2D eigenvalue weighted by Crippen LogP contribution is 2.49. The van der Waals surface area contributed by atoms with E-state index in [1.807, 2.05) is 92.7 Å². The van der Waals surface area contributed by atoms with Crippen LogP contribution in [0.4, 0.5) is 0 Å². The van der Waals surface area contributed by atoms with Gasteiger partial charge in [0.05, 0.1) is 12.0 Å². The summed E-state index contributed by atoms with van der Waals surface area (Å²) in [6, 6.07) is 25.5. The monoisotopic (exact) mass is 558 g/mol. The van der Waals surface area contributed by atoms with Crippen molar-refractivity contribution in [1.29, 1.82) is 0 Å². The summed E-state index contributed by atoms with van der Waals surface area (Å²) in [4.78, 5) is 25.4. The minimum Gasteiger partial charge on any atom is -0.465 e. The highest BCUT2D eigenvalue weighted by Gasteiger charge is 2.52. The normalized spacial score (nSPS) is 13.7. The molecule has 1 aliphatic carbocycles. The van der Waals surface area contributed by atoms with Crippen molar-refractivity contribution in [1.82, 2.24) is 0 Å². The van der Waals surface area contributed by atoms with Crippen LogP contribution in [0.25, 0.3) is 22.5 Å². The largest absolute Gasteiger partial charge is 0.465 e. The number of carbonyl (C=O) groups is 2. The van der Waals surface area contributed by atoms with Crippen molar-refractivity contribution in [3.05, 3.63) is 106 Å². The number of hydrogen-bond donors (Lipinski definition) is 0. The first kappa shape index (κ1) is 25.0. The van der Waals surface area contributed by atoms with E-state index in [1.165, 1.54) is 0 Å². The van der Waals surface area contributed by atoms with Crippen molar-refractivity contribution < 1.29 is 23.5 Å². The zero-order chi connectivity index (χ0) is 26.0. The summed E-state index contributed by atoms with van der Waals surface area (Å²) in [5, 5.41) is 0.